The van der Waals surface area contributed by atoms with Crippen LogP contribution in [0.25, 0.3) is 0 Å². The van der Waals surface area contributed by atoms with E-state index in [1.54, 1.807) is 38.5 Å². The number of ketones is 1. The van der Waals surface area contributed by atoms with E-state index in [0.29, 0.717) is 17.8 Å². The standard InChI is InChI=1S/C38H39N5O6/c1-46-36(47-2)20-18-29(19-21-36)37(27-14-8-4-9-15-27,28-16-10-5-11-17-28)48-23-31-30(44)22-32(49-31)43-25-41-33-35(43)40-24-42-38(33,39)34(45)26-12-6-3-7-13-26/h3-20,24,30-32,44H,21-23,25,39H2,1-2H3/t30-,31+,32+,38?/m0/s1. The van der Waals surface area contributed by atoms with Crippen molar-refractivity contribution in [3.63, 3.8) is 0 Å². The van der Waals surface area contributed by atoms with Gasteiger partial charge in [0.1, 0.15) is 36.7 Å². The average Bonchev–Trinajstić information content (AvgIpc) is 3.77. The minimum Gasteiger partial charge on any atom is -0.390 e. The molecule has 3 N–H and O–H groups in total. The number of aliphatic imine (C=N–C) groups is 3. The highest BCUT2D eigenvalue weighted by Gasteiger charge is 2.51. The smallest absolute Gasteiger partial charge is 0.219 e. The number of nitrogens with two attached hydrogens (primary N) is 1. The van der Waals surface area contributed by atoms with Gasteiger partial charge in [-0.05, 0) is 22.8 Å². The van der Waals surface area contributed by atoms with Crippen LogP contribution < -0.4 is 5.73 Å². The molecule has 3 aromatic carbocycles. The Morgan fingerprint density at radius 1 is 1.00 bits per heavy atom. The summed E-state index contributed by atoms with van der Waals surface area (Å²) in [6.07, 6.45) is 5.87. The third-order valence-corrected chi connectivity index (χ3v) is 9.65. The predicted molar refractivity (Wildman–Crippen MR) is 185 cm³/mol. The van der Waals surface area contributed by atoms with E-state index in [2.05, 4.69) is 21.1 Å². The lowest BCUT2D eigenvalue weighted by atomic mass is 9.77. The molecule has 0 aromatic heterocycles. The molecular weight excluding hydrogens is 622 g/mol. The van der Waals surface area contributed by atoms with Gasteiger partial charge >= 0.3 is 0 Å². The first-order valence-corrected chi connectivity index (χ1v) is 16.2. The molecule has 3 heterocycles. The van der Waals surface area contributed by atoms with Crippen molar-refractivity contribution < 1.29 is 28.8 Å². The average molecular weight is 662 g/mol. The molecule has 3 aromatic rings. The van der Waals surface area contributed by atoms with Crippen LogP contribution in [0.3, 0.4) is 0 Å². The van der Waals surface area contributed by atoms with Gasteiger partial charge in [0, 0.05) is 32.6 Å². The number of aliphatic hydroxyl groups excluding tert-OH is 1. The topological polar surface area (TPSA) is 141 Å². The molecule has 1 fully saturated rings. The van der Waals surface area contributed by atoms with Crippen molar-refractivity contribution >= 4 is 23.7 Å². The van der Waals surface area contributed by atoms with Gasteiger partial charge in [0.2, 0.25) is 11.4 Å². The normalized spacial score (nSPS) is 25.8. The van der Waals surface area contributed by atoms with Crippen LogP contribution in [0.4, 0.5) is 0 Å². The maximum atomic E-state index is 13.5. The Morgan fingerprint density at radius 3 is 2.22 bits per heavy atom. The molecule has 49 heavy (non-hydrogen) atoms. The number of benzene rings is 3. The van der Waals surface area contributed by atoms with Gasteiger partial charge in [-0.3, -0.25) is 15.5 Å². The van der Waals surface area contributed by atoms with Crippen molar-refractivity contribution in [1.29, 1.82) is 0 Å². The second kappa shape index (κ2) is 13.4. The highest BCUT2D eigenvalue weighted by Crippen LogP contribution is 2.44. The number of Topliss-reactive ketones (excluding diaryl/α,β-unsaturated/α-hetero) is 1. The molecule has 11 nitrogen and oxygen atoms in total. The van der Waals surface area contributed by atoms with Crippen LogP contribution in [0, 0.1) is 0 Å². The molecule has 4 aliphatic rings. The summed E-state index contributed by atoms with van der Waals surface area (Å²) < 4.78 is 24.9. The largest absolute Gasteiger partial charge is 0.390 e. The summed E-state index contributed by atoms with van der Waals surface area (Å²) in [5, 5.41) is 11.4. The summed E-state index contributed by atoms with van der Waals surface area (Å²) in [5.41, 5.74) is 7.29. The molecule has 4 atom stereocenters. The Bertz CT molecular complexity index is 1780. The van der Waals surface area contributed by atoms with Gasteiger partial charge in [0.05, 0.1) is 12.7 Å². The number of ether oxygens (including phenoxy) is 4. The lowest BCUT2D eigenvalue weighted by Crippen LogP contribution is -2.59. The molecule has 3 aliphatic heterocycles. The second-order valence-electron chi connectivity index (χ2n) is 12.4. The number of aliphatic hydroxyl groups is 1. The number of carbonyl (C=O) groups excluding carboxylic acids is 1. The van der Waals surface area contributed by atoms with Crippen molar-refractivity contribution in [2.24, 2.45) is 20.7 Å². The van der Waals surface area contributed by atoms with Gasteiger partial charge in [0.25, 0.3) is 0 Å². The SMILES string of the molecule is COC1(OC)C=CC(C(OC[C@H]2O[C@@H](N3CN=C4C3=NC=NC4(N)C(=O)c3ccccc3)C[C@@H]2O)(c2ccccc2)c2ccccc2)=CC1. The van der Waals surface area contributed by atoms with E-state index in [9.17, 15) is 9.90 Å². The lowest BCUT2D eigenvalue weighted by molar-refractivity contribution is -0.168. The Kier molecular flexibility index (Phi) is 8.97. The number of rotatable bonds is 11. The van der Waals surface area contributed by atoms with Crippen molar-refractivity contribution in [3.8, 4) is 0 Å². The third kappa shape index (κ3) is 5.78. The maximum absolute atomic E-state index is 13.5. The minimum atomic E-state index is -1.72. The van der Waals surface area contributed by atoms with Gasteiger partial charge in [-0.2, -0.15) is 0 Å². The van der Waals surface area contributed by atoms with Gasteiger partial charge < -0.3 is 29.0 Å². The molecule has 0 spiro atoms. The van der Waals surface area contributed by atoms with Crippen LogP contribution in [-0.4, -0.2) is 91.1 Å². The summed E-state index contributed by atoms with van der Waals surface area (Å²) >= 11 is 0. The van der Waals surface area contributed by atoms with Crippen molar-refractivity contribution in [2.75, 3.05) is 27.5 Å². The Hall–Kier alpha value is -4.62. The zero-order valence-corrected chi connectivity index (χ0v) is 27.4. The Morgan fingerprint density at radius 2 is 1.63 bits per heavy atom. The summed E-state index contributed by atoms with van der Waals surface area (Å²) in [6.45, 7) is 0.217. The molecular formula is C38H39N5O6. The fraction of sp³-hybridized carbons (Fsp3) is 0.316. The van der Waals surface area contributed by atoms with E-state index in [0.717, 1.165) is 16.7 Å². The highest BCUT2D eigenvalue weighted by atomic mass is 16.7. The van der Waals surface area contributed by atoms with Gasteiger partial charge in [-0.15, -0.1) is 0 Å². The van der Waals surface area contributed by atoms with Crippen LogP contribution in [0.15, 0.2) is 130 Å². The molecule has 0 amide bonds. The van der Waals surface area contributed by atoms with E-state index in [-0.39, 0.29) is 31.2 Å². The Labute approximate surface area is 285 Å². The summed E-state index contributed by atoms with van der Waals surface area (Å²) in [5.74, 6) is -0.856. The van der Waals surface area contributed by atoms with E-state index < -0.39 is 35.5 Å². The first kappa shape index (κ1) is 32.9. The molecule has 1 aliphatic carbocycles. The number of fused-ring (bicyclic) bond motifs is 1. The van der Waals surface area contributed by atoms with Crippen LogP contribution in [0.2, 0.25) is 0 Å². The molecule has 7 rings (SSSR count). The number of nitrogens with zero attached hydrogens (tertiary/aromatic N) is 4. The molecule has 1 saturated heterocycles. The number of carbonyl (C=O) groups is 1. The van der Waals surface area contributed by atoms with Crippen molar-refractivity contribution in [2.45, 2.75) is 48.3 Å². The van der Waals surface area contributed by atoms with E-state index >= 15 is 0 Å². The number of hydrogen-bond donors (Lipinski definition) is 2. The Balaban J connectivity index is 1.14. The number of methoxy groups -OCH3 is 2. The highest BCUT2D eigenvalue weighted by molar-refractivity contribution is 6.52. The van der Waals surface area contributed by atoms with Gasteiger partial charge in [0.15, 0.2) is 11.6 Å². The fourth-order valence-corrected chi connectivity index (χ4v) is 6.90. The maximum Gasteiger partial charge on any atom is 0.219 e. The molecule has 0 bridgehead atoms. The molecule has 0 radical (unpaired) electrons. The van der Waals surface area contributed by atoms with Crippen LogP contribution in [-0.2, 0) is 24.5 Å². The minimum absolute atomic E-state index is 0.0646. The van der Waals surface area contributed by atoms with E-state index in [4.69, 9.17) is 24.7 Å². The number of amidine groups is 1. The zero-order valence-electron chi connectivity index (χ0n) is 27.4. The van der Waals surface area contributed by atoms with Crippen molar-refractivity contribution in [3.05, 3.63) is 131 Å². The molecule has 252 valence electrons. The predicted octanol–water partition coefficient (Wildman–Crippen LogP) is 3.99. The first-order valence-electron chi connectivity index (χ1n) is 16.2. The van der Waals surface area contributed by atoms with Crippen molar-refractivity contribution in [1.82, 2.24) is 4.90 Å². The van der Waals surface area contributed by atoms with Crippen LogP contribution in [0.5, 0.6) is 0 Å². The van der Waals surface area contributed by atoms with Crippen LogP contribution in [0.1, 0.15) is 34.3 Å². The third-order valence-electron chi connectivity index (χ3n) is 9.65. The summed E-state index contributed by atoms with van der Waals surface area (Å²) in [6, 6.07) is 28.8. The quantitative estimate of drug-likeness (QED) is 0.232. The molecule has 1 unspecified atom stereocenters. The first-order chi connectivity index (χ1) is 23.8. The van der Waals surface area contributed by atoms with E-state index in [1.807, 2.05) is 83.8 Å². The monoisotopic (exact) mass is 661 g/mol. The van der Waals surface area contributed by atoms with Crippen LogP contribution >= 0.6 is 0 Å². The lowest BCUT2D eigenvalue weighted by Gasteiger charge is -2.40. The zero-order chi connectivity index (χ0) is 34.1. The summed E-state index contributed by atoms with van der Waals surface area (Å²) in [7, 11) is 3.24. The molecule has 11 heteroatoms. The summed E-state index contributed by atoms with van der Waals surface area (Å²) in [4.78, 5) is 28.6. The van der Waals surface area contributed by atoms with Gasteiger partial charge in [-0.25, -0.2) is 9.98 Å². The van der Waals surface area contributed by atoms with Gasteiger partial charge in [-0.1, -0.05) is 103 Å². The van der Waals surface area contributed by atoms with E-state index in [1.165, 1.54) is 6.34 Å². The second-order valence-corrected chi connectivity index (χ2v) is 12.4. The number of hydrogen-bond acceptors (Lipinski definition) is 11. The molecule has 0 saturated carbocycles. The fourth-order valence-electron chi connectivity index (χ4n) is 6.90.